The largest absolute Gasteiger partial charge is 0.485 e. The van der Waals surface area contributed by atoms with Gasteiger partial charge in [-0.05, 0) is 60.4 Å². The Bertz CT molecular complexity index is 2090. The van der Waals surface area contributed by atoms with Crippen LogP contribution in [0.3, 0.4) is 0 Å². The van der Waals surface area contributed by atoms with Gasteiger partial charge < -0.3 is 19.1 Å². The molecule has 0 unspecified atom stereocenters. The Morgan fingerprint density at radius 2 is 1.57 bits per heavy atom. The fourth-order valence-electron chi connectivity index (χ4n) is 6.18. The molecule has 4 heterocycles. The number of hydrogen-bond donors (Lipinski definition) is 1. The van der Waals surface area contributed by atoms with E-state index in [1.165, 1.54) is 68.9 Å². The normalized spacial score (nSPS) is 12.9. The lowest BCUT2D eigenvalue weighted by molar-refractivity contribution is -0.132. The second-order valence-corrected chi connectivity index (χ2v) is 13.4. The molecule has 7 rings (SSSR count). The van der Waals surface area contributed by atoms with Crippen LogP contribution in [0.2, 0.25) is 0 Å². The van der Waals surface area contributed by atoms with Gasteiger partial charge in [-0.25, -0.2) is 4.79 Å². The third-order valence-corrected chi connectivity index (χ3v) is 10.9. The van der Waals surface area contributed by atoms with Crippen LogP contribution in [0.15, 0.2) is 84.4 Å². The van der Waals surface area contributed by atoms with Crippen LogP contribution in [0.4, 0.5) is 0 Å². The number of thiophene rings is 2. The molecule has 1 aliphatic heterocycles. The number of nitrogens with zero attached hydrogens (tertiary/aromatic N) is 2. The van der Waals surface area contributed by atoms with Crippen molar-refractivity contribution in [2.24, 2.45) is 0 Å². The predicted octanol–water partition coefficient (Wildman–Crippen LogP) is 10.1. The van der Waals surface area contributed by atoms with Crippen molar-refractivity contribution >= 4 is 56.5 Å². The summed E-state index contributed by atoms with van der Waals surface area (Å²) in [4.78, 5) is 15.4. The standard InChI is InChI=1S/C38H32N2O4S2/c1-2-3-4-5-10-25-21-33(37-35-34(43-19-20-44-35)32(45-37)22-26(23-39)38(41)42)46-36(25)24-15-17-27(18-16-24)40-30-13-8-6-11-28(30)29-12-7-9-14-31(29)40/h6-9,11-18,21-22H,2-5,10,19-20H2,1H3,(H,41,42)/b26-22-. The summed E-state index contributed by atoms with van der Waals surface area (Å²) in [5.74, 6) is -0.132. The average Bonchev–Trinajstić information content (AvgIpc) is 3.77. The summed E-state index contributed by atoms with van der Waals surface area (Å²) in [6.07, 6.45) is 7.04. The van der Waals surface area contributed by atoms with Gasteiger partial charge in [0.15, 0.2) is 11.5 Å². The molecule has 0 radical (unpaired) electrons. The number of unbranched alkanes of at least 4 members (excludes halogenated alkanes) is 3. The number of carboxylic acids is 1. The van der Waals surface area contributed by atoms with Crippen molar-refractivity contribution in [3.8, 4) is 43.5 Å². The van der Waals surface area contributed by atoms with Crippen LogP contribution in [0.5, 0.6) is 11.5 Å². The van der Waals surface area contributed by atoms with Crippen LogP contribution in [0.25, 0.3) is 53.8 Å². The van der Waals surface area contributed by atoms with Crippen molar-refractivity contribution in [2.45, 2.75) is 39.0 Å². The molecule has 0 bridgehead atoms. The first-order valence-electron chi connectivity index (χ1n) is 15.6. The molecular weight excluding hydrogens is 613 g/mol. The van der Waals surface area contributed by atoms with Crippen LogP contribution in [-0.2, 0) is 11.2 Å². The zero-order valence-electron chi connectivity index (χ0n) is 25.4. The first kappa shape index (κ1) is 29.8. The summed E-state index contributed by atoms with van der Waals surface area (Å²) in [5.41, 5.74) is 5.60. The maximum Gasteiger partial charge on any atom is 0.346 e. The van der Waals surface area contributed by atoms with E-state index in [0.717, 1.165) is 33.8 Å². The number of aromatic nitrogens is 1. The number of rotatable bonds is 10. The number of fused-ring (bicyclic) bond motifs is 4. The maximum atomic E-state index is 11.6. The number of carbonyl (C=O) groups is 1. The number of ether oxygens (including phenoxy) is 2. The van der Waals surface area contributed by atoms with E-state index in [1.54, 1.807) is 17.4 Å². The second-order valence-electron chi connectivity index (χ2n) is 11.3. The topological polar surface area (TPSA) is 84.5 Å². The minimum Gasteiger partial charge on any atom is -0.485 e. The molecule has 0 saturated heterocycles. The molecule has 1 N–H and O–H groups in total. The van der Waals surface area contributed by atoms with E-state index < -0.39 is 5.97 Å². The molecule has 46 heavy (non-hydrogen) atoms. The third kappa shape index (κ3) is 5.46. The zero-order chi connectivity index (χ0) is 31.6. The summed E-state index contributed by atoms with van der Waals surface area (Å²) >= 11 is 3.13. The van der Waals surface area contributed by atoms with Gasteiger partial charge in [-0.2, -0.15) is 5.26 Å². The van der Waals surface area contributed by atoms with Crippen molar-refractivity contribution in [3.05, 3.63) is 94.9 Å². The second kappa shape index (κ2) is 12.9. The molecule has 0 spiro atoms. The van der Waals surface area contributed by atoms with Gasteiger partial charge >= 0.3 is 5.97 Å². The summed E-state index contributed by atoms with van der Waals surface area (Å²) in [6, 6.07) is 30.0. The molecule has 6 nitrogen and oxygen atoms in total. The number of benzene rings is 3. The average molecular weight is 645 g/mol. The Morgan fingerprint density at radius 1 is 0.891 bits per heavy atom. The van der Waals surface area contributed by atoms with Gasteiger partial charge in [-0.1, -0.05) is 74.7 Å². The van der Waals surface area contributed by atoms with Crippen LogP contribution in [0, 0.1) is 11.3 Å². The first-order valence-corrected chi connectivity index (χ1v) is 17.2. The van der Waals surface area contributed by atoms with Gasteiger partial charge in [0.25, 0.3) is 0 Å². The molecular formula is C38H32N2O4S2. The molecule has 0 amide bonds. The number of nitriles is 1. The van der Waals surface area contributed by atoms with Crippen molar-refractivity contribution in [3.63, 3.8) is 0 Å². The molecule has 230 valence electrons. The van der Waals surface area contributed by atoms with E-state index in [0.29, 0.717) is 29.6 Å². The first-order chi connectivity index (χ1) is 22.6. The van der Waals surface area contributed by atoms with E-state index in [4.69, 9.17) is 9.47 Å². The van der Waals surface area contributed by atoms with Gasteiger partial charge in [0.05, 0.1) is 20.8 Å². The van der Waals surface area contributed by atoms with Crippen LogP contribution >= 0.6 is 22.7 Å². The summed E-state index contributed by atoms with van der Waals surface area (Å²) < 4.78 is 14.4. The fourth-order valence-corrected chi connectivity index (χ4v) is 8.63. The monoisotopic (exact) mass is 644 g/mol. The van der Waals surface area contributed by atoms with Crippen LogP contribution in [0.1, 0.15) is 43.0 Å². The Morgan fingerprint density at radius 3 is 2.22 bits per heavy atom. The minimum atomic E-state index is -1.26. The fraction of sp³-hybridized carbons (Fsp3) is 0.211. The number of aryl methyl sites for hydroxylation is 1. The van der Waals surface area contributed by atoms with E-state index in [-0.39, 0.29) is 5.57 Å². The van der Waals surface area contributed by atoms with Crippen molar-refractivity contribution < 1.29 is 19.4 Å². The molecule has 8 heteroatoms. The zero-order valence-corrected chi connectivity index (χ0v) is 27.0. The Hall–Kier alpha value is -4.84. The Kier molecular flexibility index (Phi) is 8.35. The highest BCUT2D eigenvalue weighted by Crippen LogP contribution is 2.53. The molecule has 0 aliphatic carbocycles. The lowest BCUT2D eigenvalue weighted by Crippen LogP contribution is -2.14. The Labute approximate surface area is 275 Å². The lowest BCUT2D eigenvalue weighted by Gasteiger charge is -2.16. The summed E-state index contributed by atoms with van der Waals surface area (Å²) in [7, 11) is 0. The van der Waals surface area contributed by atoms with Gasteiger partial charge in [-0.3, -0.25) is 0 Å². The summed E-state index contributed by atoms with van der Waals surface area (Å²) in [5, 5.41) is 21.3. The lowest BCUT2D eigenvalue weighted by atomic mass is 10.0. The molecule has 1 aliphatic rings. The third-order valence-electron chi connectivity index (χ3n) is 8.35. The molecule has 0 atom stereocenters. The highest BCUT2D eigenvalue weighted by molar-refractivity contribution is 7.24. The number of carboxylic acid groups (broad SMARTS) is 1. The highest BCUT2D eigenvalue weighted by atomic mass is 32.1. The molecule has 3 aromatic carbocycles. The van der Waals surface area contributed by atoms with Crippen molar-refractivity contribution in [1.29, 1.82) is 5.26 Å². The predicted molar refractivity (Wildman–Crippen MR) is 187 cm³/mol. The van der Waals surface area contributed by atoms with Gasteiger partial charge in [0.2, 0.25) is 0 Å². The van der Waals surface area contributed by atoms with E-state index in [1.807, 2.05) is 0 Å². The smallest absolute Gasteiger partial charge is 0.346 e. The van der Waals surface area contributed by atoms with Crippen LogP contribution in [-0.4, -0.2) is 28.9 Å². The van der Waals surface area contributed by atoms with E-state index in [9.17, 15) is 15.2 Å². The van der Waals surface area contributed by atoms with Crippen LogP contribution < -0.4 is 9.47 Å². The highest BCUT2D eigenvalue weighted by Gasteiger charge is 2.27. The summed E-state index contributed by atoms with van der Waals surface area (Å²) in [6.45, 7) is 3.01. The molecule has 3 aromatic heterocycles. The maximum absolute atomic E-state index is 11.6. The Balaban J connectivity index is 1.31. The number of aliphatic carboxylic acids is 1. The van der Waals surface area contributed by atoms with Gasteiger partial charge in [0, 0.05) is 26.2 Å². The molecule has 0 fully saturated rings. The number of hydrogen-bond acceptors (Lipinski definition) is 6. The molecule has 0 saturated carbocycles. The molecule has 6 aromatic rings. The minimum absolute atomic E-state index is 0.336. The quantitative estimate of drug-likeness (QED) is 0.0911. The van der Waals surface area contributed by atoms with Gasteiger partial charge in [-0.15, -0.1) is 22.7 Å². The van der Waals surface area contributed by atoms with Crippen molar-refractivity contribution in [1.82, 2.24) is 4.57 Å². The van der Waals surface area contributed by atoms with E-state index in [2.05, 4.69) is 90.4 Å². The van der Waals surface area contributed by atoms with E-state index >= 15 is 0 Å². The van der Waals surface area contributed by atoms with Crippen molar-refractivity contribution in [2.75, 3.05) is 13.2 Å². The SMILES string of the molecule is CCCCCCc1cc(-c2sc(/C=C(/C#N)C(=O)O)c3c2OCCO3)sc1-c1ccc(-n2c3ccccc3c3ccccc32)cc1. The number of para-hydroxylation sites is 2. The van der Waals surface area contributed by atoms with Gasteiger partial charge in [0.1, 0.15) is 24.9 Å².